The van der Waals surface area contributed by atoms with Gasteiger partial charge in [-0.05, 0) is 0 Å². The highest BCUT2D eigenvalue weighted by Crippen LogP contribution is 2.25. The minimum atomic E-state index is -4.38. The van der Waals surface area contributed by atoms with Crippen molar-refractivity contribution in [3.63, 3.8) is 0 Å². The molecule has 0 unspecified atom stereocenters. The molecule has 0 aliphatic rings. The smallest absolute Gasteiger partial charge is 0.375 e. The van der Waals surface area contributed by atoms with E-state index in [1.807, 2.05) is 0 Å². The molecule has 0 saturated heterocycles. The lowest BCUT2D eigenvalue weighted by molar-refractivity contribution is -0.136. The van der Waals surface area contributed by atoms with Crippen LogP contribution < -0.4 is 11.1 Å². The highest BCUT2D eigenvalue weighted by Gasteiger charge is 2.27. The Morgan fingerprint density at radius 2 is 2.31 bits per heavy atom. The lowest BCUT2D eigenvalue weighted by atomic mass is 10.6. The van der Waals surface area contributed by atoms with E-state index in [4.69, 9.17) is 5.73 Å². The van der Waals surface area contributed by atoms with Crippen LogP contribution in [0.4, 0.5) is 18.3 Å². The van der Waals surface area contributed by atoms with Gasteiger partial charge in [0.05, 0.1) is 16.2 Å². The van der Waals surface area contributed by atoms with Crippen molar-refractivity contribution in [2.24, 2.45) is 0 Å². The van der Waals surface area contributed by atoms with Crippen molar-refractivity contribution < 1.29 is 18.0 Å². The number of carbonyl (C=O) groups is 1. The topological polar surface area (TPSA) is 68.0 Å². The summed E-state index contributed by atoms with van der Waals surface area (Å²) in [5.41, 5.74) is 5.35. The van der Waals surface area contributed by atoms with Gasteiger partial charge in [-0.2, -0.15) is 13.2 Å². The number of hydrogen-bond acceptors (Lipinski definition) is 5. The average molecular weight is 271 g/mol. The summed E-state index contributed by atoms with van der Waals surface area (Å²) in [5.74, 6) is -0.758. The van der Waals surface area contributed by atoms with Gasteiger partial charge in [-0.15, -0.1) is 11.8 Å². The quantitative estimate of drug-likeness (QED) is 0.814. The Hall–Kier alpha value is -0.960. The molecular weight excluding hydrogens is 263 g/mol. The highest BCUT2D eigenvalue weighted by molar-refractivity contribution is 8.01. The number of nitrogens with zero attached hydrogens (tertiary/aromatic N) is 1. The van der Waals surface area contributed by atoms with E-state index < -0.39 is 18.6 Å². The molecular formula is C7H8F3N3OS2. The molecule has 4 nitrogen and oxygen atoms in total. The SMILES string of the molecule is Nc1ncc(SCC(=O)NCC(F)(F)F)s1. The summed E-state index contributed by atoms with van der Waals surface area (Å²) in [5, 5.41) is 2.13. The van der Waals surface area contributed by atoms with Gasteiger partial charge in [0.25, 0.3) is 0 Å². The number of halogens is 3. The molecule has 0 saturated carbocycles. The molecule has 1 amide bonds. The Bertz CT molecular complexity index is 366. The van der Waals surface area contributed by atoms with Crippen molar-refractivity contribution in [2.75, 3.05) is 18.0 Å². The summed E-state index contributed by atoms with van der Waals surface area (Å²) in [6.07, 6.45) is -2.91. The Kier molecular flexibility index (Phi) is 4.42. The molecule has 0 aromatic carbocycles. The summed E-state index contributed by atoms with van der Waals surface area (Å²) in [4.78, 5) is 14.7. The Morgan fingerprint density at radius 3 is 2.81 bits per heavy atom. The Balaban J connectivity index is 2.25. The number of thiazole rings is 1. The molecule has 0 spiro atoms. The van der Waals surface area contributed by atoms with Crippen molar-refractivity contribution in [1.82, 2.24) is 10.3 Å². The number of carbonyl (C=O) groups excluding carboxylic acids is 1. The fourth-order valence-corrected chi connectivity index (χ4v) is 2.31. The largest absolute Gasteiger partial charge is 0.405 e. The van der Waals surface area contributed by atoms with E-state index in [1.54, 1.807) is 5.32 Å². The van der Waals surface area contributed by atoms with E-state index in [-0.39, 0.29) is 5.75 Å². The zero-order chi connectivity index (χ0) is 12.2. The van der Waals surface area contributed by atoms with Gasteiger partial charge in [-0.1, -0.05) is 11.3 Å². The zero-order valence-corrected chi connectivity index (χ0v) is 9.51. The van der Waals surface area contributed by atoms with Crippen molar-refractivity contribution in [3.8, 4) is 0 Å². The summed E-state index contributed by atoms with van der Waals surface area (Å²) >= 11 is 2.28. The first-order valence-corrected chi connectivity index (χ1v) is 5.84. The monoisotopic (exact) mass is 271 g/mol. The normalized spacial score (nSPS) is 11.4. The van der Waals surface area contributed by atoms with Gasteiger partial charge in [-0.3, -0.25) is 4.79 Å². The third-order valence-electron chi connectivity index (χ3n) is 1.33. The van der Waals surface area contributed by atoms with Gasteiger partial charge < -0.3 is 11.1 Å². The summed E-state index contributed by atoms with van der Waals surface area (Å²) < 4.78 is 35.9. The highest BCUT2D eigenvalue weighted by atomic mass is 32.2. The van der Waals surface area contributed by atoms with Gasteiger partial charge >= 0.3 is 6.18 Å². The van der Waals surface area contributed by atoms with Gasteiger partial charge in [0.1, 0.15) is 6.54 Å². The van der Waals surface area contributed by atoms with Crippen LogP contribution in [0.1, 0.15) is 0 Å². The fraction of sp³-hybridized carbons (Fsp3) is 0.429. The van der Waals surface area contributed by atoms with Crippen LogP contribution in [0.2, 0.25) is 0 Å². The molecule has 16 heavy (non-hydrogen) atoms. The number of nitrogens with two attached hydrogens (primary N) is 1. The van der Waals surface area contributed by atoms with Crippen LogP contribution in [-0.4, -0.2) is 29.4 Å². The van der Waals surface area contributed by atoms with Gasteiger partial charge in [0.15, 0.2) is 5.13 Å². The second-order valence-electron chi connectivity index (χ2n) is 2.70. The van der Waals surface area contributed by atoms with E-state index in [9.17, 15) is 18.0 Å². The molecule has 1 aromatic rings. The maximum atomic E-state index is 11.7. The number of rotatable bonds is 4. The second kappa shape index (κ2) is 5.39. The fourth-order valence-electron chi connectivity index (χ4n) is 0.725. The maximum absolute atomic E-state index is 11.7. The molecule has 90 valence electrons. The van der Waals surface area contributed by atoms with Gasteiger partial charge in [-0.25, -0.2) is 4.98 Å². The molecule has 0 aliphatic heterocycles. The summed E-state index contributed by atoms with van der Waals surface area (Å²) in [7, 11) is 0. The molecule has 0 aliphatic carbocycles. The molecule has 1 aromatic heterocycles. The van der Waals surface area contributed by atoms with E-state index in [1.165, 1.54) is 17.5 Å². The second-order valence-corrected chi connectivity index (χ2v) is 5.04. The standard InChI is InChI=1S/C7H8F3N3OS2/c8-7(9,10)3-13-4(14)2-15-5-1-12-6(11)16-5/h1H,2-3H2,(H2,11,12)(H,13,14). The molecule has 9 heteroatoms. The molecule has 0 bridgehead atoms. The lowest BCUT2D eigenvalue weighted by Crippen LogP contribution is -2.34. The zero-order valence-electron chi connectivity index (χ0n) is 7.87. The number of thioether (sulfide) groups is 1. The van der Waals surface area contributed by atoms with Crippen LogP contribution in [-0.2, 0) is 4.79 Å². The van der Waals surface area contributed by atoms with Crippen LogP contribution in [0.3, 0.4) is 0 Å². The van der Waals surface area contributed by atoms with Crippen LogP contribution >= 0.6 is 23.1 Å². The van der Waals surface area contributed by atoms with Crippen molar-refractivity contribution in [3.05, 3.63) is 6.20 Å². The molecule has 1 rings (SSSR count). The van der Waals surface area contributed by atoms with E-state index >= 15 is 0 Å². The molecule has 1 heterocycles. The predicted molar refractivity (Wildman–Crippen MR) is 56.3 cm³/mol. The third kappa shape index (κ3) is 5.21. The maximum Gasteiger partial charge on any atom is 0.405 e. The number of anilines is 1. The van der Waals surface area contributed by atoms with Crippen molar-refractivity contribution in [1.29, 1.82) is 0 Å². The Labute approximate surface area is 97.4 Å². The summed E-state index contributed by atoms with van der Waals surface area (Å²) in [6, 6.07) is 0. The van der Waals surface area contributed by atoms with Gasteiger partial charge in [0, 0.05) is 0 Å². The lowest BCUT2D eigenvalue weighted by Gasteiger charge is -2.07. The number of aromatic nitrogens is 1. The van der Waals surface area contributed by atoms with Crippen LogP contribution in [0.15, 0.2) is 10.4 Å². The van der Waals surface area contributed by atoms with Crippen LogP contribution in [0.5, 0.6) is 0 Å². The first-order valence-electron chi connectivity index (χ1n) is 4.04. The average Bonchev–Trinajstić information content (AvgIpc) is 2.57. The molecule has 0 fully saturated rings. The van der Waals surface area contributed by atoms with Crippen molar-refractivity contribution in [2.45, 2.75) is 10.4 Å². The first-order chi connectivity index (χ1) is 7.37. The summed E-state index contributed by atoms with van der Waals surface area (Å²) in [6.45, 7) is -1.31. The number of alkyl halides is 3. The first kappa shape index (κ1) is 13.1. The molecule has 3 N–H and O–H groups in total. The van der Waals surface area contributed by atoms with Crippen LogP contribution in [0.25, 0.3) is 0 Å². The Morgan fingerprint density at radius 1 is 1.62 bits per heavy atom. The third-order valence-corrected chi connectivity index (χ3v) is 3.36. The van der Waals surface area contributed by atoms with Crippen molar-refractivity contribution >= 4 is 34.1 Å². The van der Waals surface area contributed by atoms with E-state index in [2.05, 4.69) is 4.98 Å². The number of nitrogen functional groups attached to an aromatic ring is 1. The number of hydrogen-bond donors (Lipinski definition) is 2. The van der Waals surface area contributed by atoms with E-state index in [0.717, 1.165) is 11.8 Å². The van der Waals surface area contributed by atoms with E-state index in [0.29, 0.717) is 9.34 Å². The number of nitrogens with one attached hydrogen (secondary N) is 1. The predicted octanol–water partition coefficient (Wildman–Crippen LogP) is 1.50. The minimum Gasteiger partial charge on any atom is -0.375 e. The van der Waals surface area contributed by atoms with Gasteiger partial charge in [0.2, 0.25) is 5.91 Å². The molecule has 0 atom stereocenters. The van der Waals surface area contributed by atoms with Crippen LogP contribution in [0, 0.1) is 0 Å². The minimum absolute atomic E-state index is 0.0856. The molecule has 0 radical (unpaired) electrons. The number of amides is 1.